The first-order chi connectivity index (χ1) is 14.5. The largest absolute Gasteiger partial charge is 0.484 e. The summed E-state index contributed by atoms with van der Waals surface area (Å²) in [5.74, 6) is 0.0202. The van der Waals surface area contributed by atoms with Crippen LogP contribution in [0.2, 0.25) is 0 Å². The maximum absolute atomic E-state index is 12.4. The number of nitrogens with zero attached hydrogens (tertiary/aromatic N) is 1. The van der Waals surface area contributed by atoms with Gasteiger partial charge in [0.1, 0.15) is 11.5 Å². The Balaban J connectivity index is 1.62. The summed E-state index contributed by atoms with van der Waals surface area (Å²) < 4.78 is 11.6. The van der Waals surface area contributed by atoms with E-state index in [1.165, 1.54) is 6.21 Å². The van der Waals surface area contributed by atoms with Crippen LogP contribution >= 0.6 is 15.9 Å². The lowest BCUT2D eigenvalue weighted by atomic mass is 10.1. The molecule has 0 aliphatic heterocycles. The maximum atomic E-state index is 12.4. The zero-order chi connectivity index (χ0) is 21.3. The van der Waals surface area contributed by atoms with Gasteiger partial charge in [0.05, 0.1) is 11.8 Å². The highest BCUT2D eigenvalue weighted by Crippen LogP contribution is 2.23. The van der Waals surface area contributed by atoms with Gasteiger partial charge in [-0.15, -0.1) is 0 Å². The number of carbonyl (C=O) groups is 2. The molecule has 0 fully saturated rings. The highest BCUT2D eigenvalue weighted by atomic mass is 79.9. The van der Waals surface area contributed by atoms with Gasteiger partial charge in [-0.2, -0.15) is 5.10 Å². The summed E-state index contributed by atoms with van der Waals surface area (Å²) in [5.41, 5.74) is 4.40. The second-order valence-electron chi connectivity index (χ2n) is 6.33. The number of amides is 1. The Hall–Kier alpha value is -3.45. The molecule has 1 N–H and O–H groups in total. The van der Waals surface area contributed by atoms with Crippen LogP contribution in [0.5, 0.6) is 11.5 Å². The van der Waals surface area contributed by atoms with E-state index in [9.17, 15) is 9.59 Å². The van der Waals surface area contributed by atoms with Crippen molar-refractivity contribution in [3.63, 3.8) is 0 Å². The SMILES string of the molecule is Cc1ccc(C(=O)Oc2ccc(Br)cc2/C=N\NC(=O)COc2ccccc2)cc1. The van der Waals surface area contributed by atoms with Crippen molar-refractivity contribution in [1.29, 1.82) is 0 Å². The summed E-state index contributed by atoms with van der Waals surface area (Å²) in [6.07, 6.45) is 1.41. The van der Waals surface area contributed by atoms with E-state index < -0.39 is 11.9 Å². The van der Waals surface area contributed by atoms with E-state index in [1.54, 1.807) is 42.5 Å². The van der Waals surface area contributed by atoms with Gasteiger partial charge < -0.3 is 9.47 Å². The van der Waals surface area contributed by atoms with Crippen molar-refractivity contribution in [1.82, 2.24) is 5.43 Å². The van der Waals surface area contributed by atoms with Crippen LogP contribution in [0.1, 0.15) is 21.5 Å². The lowest BCUT2D eigenvalue weighted by molar-refractivity contribution is -0.123. The second kappa shape index (κ2) is 10.4. The Morgan fingerprint density at radius 2 is 1.77 bits per heavy atom. The minimum Gasteiger partial charge on any atom is -0.484 e. The molecule has 0 bridgehead atoms. The van der Waals surface area contributed by atoms with Crippen molar-refractivity contribution in [2.75, 3.05) is 6.61 Å². The summed E-state index contributed by atoms with van der Waals surface area (Å²) in [6, 6.07) is 21.2. The Morgan fingerprint density at radius 1 is 1.03 bits per heavy atom. The summed E-state index contributed by atoms with van der Waals surface area (Å²) >= 11 is 3.38. The Morgan fingerprint density at radius 3 is 2.50 bits per heavy atom. The number of hydrogen-bond acceptors (Lipinski definition) is 5. The van der Waals surface area contributed by atoms with Gasteiger partial charge in [0.25, 0.3) is 5.91 Å². The van der Waals surface area contributed by atoms with E-state index in [4.69, 9.17) is 9.47 Å². The zero-order valence-corrected chi connectivity index (χ0v) is 17.8. The summed E-state index contributed by atoms with van der Waals surface area (Å²) in [4.78, 5) is 24.3. The molecule has 0 radical (unpaired) electrons. The average molecular weight is 467 g/mol. The summed E-state index contributed by atoms with van der Waals surface area (Å²) in [5, 5.41) is 3.93. The molecule has 1 amide bonds. The lowest BCUT2D eigenvalue weighted by Crippen LogP contribution is -2.24. The van der Waals surface area contributed by atoms with E-state index in [1.807, 2.05) is 37.3 Å². The third-order valence-corrected chi connectivity index (χ3v) is 4.46. The van der Waals surface area contributed by atoms with Gasteiger partial charge in [0.15, 0.2) is 6.61 Å². The number of halogens is 1. The highest BCUT2D eigenvalue weighted by Gasteiger charge is 2.11. The molecule has 0 saturated heterocycles. The van der Waals surface area contributed by atoms with Crippen LogP contribution < -0.4 is 14.9 Å². The minimum atomic E-state index is -0.479. The third-order valence-electron chi connectivity index (χ3n) is 3.97. The smallest absolute Gasteiger partial charge is 0.343 e. The topological polar surface area (TPSA) is 77.0 Å². The molecule has 0 spiro atoms. The molecule has 3 aromatic rings. The normalized spacial score (nSPS) is 10.6. The Bertz CT molecular complexity index is 1050. The molecular formula is C23H19BrN2O4. The number of rotatable bonds is 7. The number of carbonyl (C=O) groups excluding carboxylic acids is 2. The van der Waals surface area contributed by atoms with Crippen molar-refractivity contribution in [3.8, 4) is 11.5 Å². The van der Waals surface area contributed by atoms with Crippen molar-refractivity contribution >= 4 is 34.0 Å². The first-order valence-corrected chi connectivity index (χ1v) is 9.89. The van der Waals surface area contributed by atoms with Crippen molar-refractivity contribution in [2.24, 2.45) is 5.10 Å². The van der Waals surface area contributed by atoms with Crippen LogP contribution in [-0.2, 0) is 4.79 Å². The Labute approximate surface area is 182 Å². The standard InChI is InChI=1S/C23H19BrN2O4/c1-16-7-9-17(10-8-16)23(28)30-21-12-11-19(24)13-18(21)14-25-26-22(27)15-29-20-5-3-2-4-6-20/h2-14H,15H2,1H3,(H,26,27)/b25-14-. The molecule has 0 aliphatic carbocycles. The summed E-state index contributed by atoms with van der Waals surface area (Å²) in [6.45, 7) is 1.77. The molecule has 30 heavy (non-hydrogen) atoms. The van der Waals surface area contributed by atoms with E-state index in [-0.39, 0.29) is 6.61 Å². The van der Waals surface area contributed by atoms with Crippen LogP contribution in [0.25, 0.3) is 0 Å². The fourth-order valence-corrected chi connectivity index (χ4v) is 2.81. The molecule has 0 aromatic heterocycles. The predicted octanol–water partition coefficient (Wildman–Crippen LogP) is 4.51. The molecule has 7 heteroatoms. The fourth-order valence-electron chi connectivity index (χ4n) is 2.43. The van der Waals surface area contributed by atoms with Gasteiger partial charge in [0, 0.05) is 10.0 Å². The molecule has 0 aliphatic rings. The second-order valence-corrected chi connectivity index (χ2v) is 7.25. The molecule has 0 saturated carbocycles. The van der Waals surface area contributed by atoms with Crippen molar-refractivity contribution < 1.29 is 19.1 Å². The number of hydrogen-bond donors (Lipinski definition) is 1. The first kappa shape index (κ1) is 21.3. The van der Waals surface area contributed by atoms with Crippen LogP contribution in [-0.4, -0.2) is 24.7 Å². The first-order valence-electron chi connectivity index (χ1n) is 9.09. The molecule has 3 aromatic carbocycles. The maximum Gasteiger partial charge on any atom is 0.343 e. The van der Waals surface area contributed by atoms with Crippen LogP contribution in [0.15, 0.2) is 82.4 Å². The number of nitrogens with one attached hydrogen (secondary N) is 1. The molecular weight excluding hydrogens is 448 g/mol. The van der Waals surface area contributed by atoms with Gasteiger partial charge in [0.2, 0.25) is 0 Å². The number of para-hydroxylation sites is 1. The fraction of sp³-hybridized carbons (Fsp3) is 0.0870. The molecule has 6 nitrogen and oxygen atoms in total. The van der Waals surface area contributed by atoms with Crippen LogP contribution in [0.4, 0.5) is 0 Å². The summed E-state index contributed by atoms with van der Waals surface area (Å²) in [7, 11) is 0. The molecule has 0 atom stereocenters. The number of benzene rings is 3. The molecule has 152 valence electrons. The van der Waals surface area contributed by atoms with Crippen molar-refractivity contribution in [3.05, 3.63) is 94.0 Å². The number of hydrazone groups is 1. The quantitative estimate of drug-likeness (QED) is 0.240. The monoisotopic (exact) mass is 466 g/mol. The van der Waals surface area contributed by atoms with Gasteiger partial charge in [-0.3, -0.25) is 4.79 Å². The van der Waals surface area contributed by atoms with Gasteiger partial charge in [-0.25, -0.2) is 10.2 Å². The molecule has 3 rings (SSSR count). The van der Waals surface area contributed by atoms with Gasteiger partial charge in [-0.1, -0.05) is 51.8 Å². The average Bonchev–Trinajstić information content (AvgIpc) is 2.75. The predicted molar refractivity (Wildman–Crippen MR) is 118 cm³/mol. The van der Waals surface area contributed by atoms with Gasteiger partial charge in [-0.05, 0) is 49.4 Å². The van der Waals surface area contributed by atoms with Crippen LogP contribution in [0.3, 0.4) is 0 Å². The van der Waals surface area contributed by atoms with E-state index in [2.05, 4.69) is 26.5 Å². The van der Waals surface area contributed by atoms with E-state index in [0.29, 0.717) is 22.6 Å². The lowest BCUT2D eigenvalue weighted by Gasteiger charge is -2.08. The van der Waals surface area contributed by atoms with Crippen LogP contribution in [0, 0.1) is 6.92 Å². The minimum absolute atomic E-state index is 0.172. The highest BCUT2D eigenvalue weighted by molar-refractivity contribution is 9.10. The number of ether oxygens (including phenoxy) is 2. The van der Waals surface area contributed by atoms with E-state index >= 15 is 0 Å². The number of aryl methyl sites for hydroxylation is 1. The number of esters is 1. The van der Waals surface area contributed by atoms with Gasteiger partial charge >= 0.3 is 5.97 Å². The molecule has 0 heterocycles. The third kappa shape index (κ3) is 6.28. The van der Waals surface area contributed by atoms with E-state index in [0.717, 1.165) is 10.0 Å². The zero-order valence-electron chi connectivity index (χ0n) is 16.2. The molecule has 0 unspecified atom stereocenters. The van der Waals surface area contributed by atoms with Crippen molar-refractivity contribution in [2.45, 2.75) is 6.92 Å². The Kier molecular flexibility index (Phi) is 7.34.